The Morgan fingerprint density at radius 3 is 2.50 bits per heavy atom. The molecule has 0 aliphatic heterocycles. The summed E-state index contributed by atoms with van der Waals surface area (Å²) in [7, 11) is -2.34. The Kier molecular flexibility index (Phi) is 3.51. The summed E-state index contributed by atoms with van der Waals surface area (Å²) in [5, 5.41) is 7.30. The van der Waals surface area contributed by atoms with E-state index >= 15 is 0 Å². The summed E-state index contributed by atoms with van der Waals surface area (Å²) in [6.07, 6.45) is 0. The second-order valence-corrected chi connectivity index (χ2v) is 4.55. The molecule has 0 heterocycles. The van der Waals surface area contributed by atoms with Crippen LogP contribution in [0.25, 0.3) is 0 Å². The zero-order valence-electron chi connectivity index (χ0n) is 8.94. The highest BCUT2D eigenvalue weighted by molar-refractivity contribution is 7.90. The lowest BCUT2D eigenvalue weighted by molar-refractivity contribution is 0.0963. The first-order valence-electron chi connectivity index (χ1n) is 4.47. The largest absolute Gasteiger partial charge is 0.355 e. The van der Waals surface area contributed by atoms with Gasteiger partial charge in [0, 0.05) is 12.6 Å². The highest BCUT2D eigenvalue weighted by Gasteiger charge is 2.09. The summed E-state index contributed by atoms with van der Waals surface area (Å²) in [5.74, 6) is -0.294. The lowest BCUT2D eigenvalue weighted by Gasteiger charge is -2.09. The Balaban J connectivity index is 3.14. The fourth-order valence-corrected chi connectivity index (χ4v) is 1.70. The monoisotopic (exact) mass is 243 g/mol. The summed E-state index contributed by atoms with van der Waals surface area (Å²) in [5.41, 5.74) is 1.34. The van der Waals surface area contributed by atoms with E-state index in [1.54, 1.807) is 19.1 Å². The van der Waals surface area contributed by atoms with E-state index in [2.05, 4.69) is 10.0 Å². The van der Waals surface area contributed by atoms with Gasteiger partial charge in [0.1, 0.15) is 0 Å². The first-order valence-corrected chi connectivity index (χ1v) is 6.01. The van der Waals surface area contributed by atoms with Gasteiger partial charge in [0.25, 0.3) is 16.1 Å². The Bertz CT molecular complexity index is 511. The minimum atomic E-state index is -3.83. The van der Waals surface area contributed by atoms with Crippen LogP contribution in [-0.4, -0.2) is 21.4 Å². The van der Waals surface area contributed by atoms with Crippen LogP contribution in [0.3, 0.4) is 0 Å². The molecule has 0 atom stereocenters. The van der Waals surface area contributed by atoms with E-state index in [1.807, 2.05) is 0 Å². The number of anilines is 1. The van der Waals surface area contributed by atoms with Gasteiger partial charge < -0.3 is 5.32 Å². The molecule has 0 bridgehead atoms. The Labute approximate surface area is 94.0 Å². The lowest BCUT2D eigenvalue weighted by Crippen LogP contribution is -2.23. The zero-order valence-corrected chi connectivity index (χ0v) is 9.76. The zero-order chi connectivity index (χ0) is 12.3. The molecule has 0 spiro atoms. The molecule has 0 radical (unpaired) electrons. The van der Waals surface area contributed by atoms with Crippen molar-refractivity contribution in [1.29, 1.82) is 0 Å². The summed E-state index contributed by atoms with van der Waals surface area (Å²) < 4.78 is 23.9. The van der Waals surface area contributed by atoms with Crippen molar-refractivity contribution in [1.82, 2.24) is 5.32 Å². The molecule has 0 saturated heterocycles. The number of carbonyl (C=O) groups is 1. The normalized spacial score (nSPS) is 10.9. The molecular weight excluding hydrogens is 230 g/mol. The number of nitrogens with two attached hydrogens (primary N) is 1. The molecule has 0 aliphatic rings. The third kappa shape index (κ3) is 3.21. The van der Waals surface area contributed by atoms with Crippen LogP contribution < -0.4 is 15.2 Å². The maximum absolute atomic E-state index is 11.3. The van der Waals surface area contributed by atoms with E-state index in [4.69, 9.17) is 5.14 Å². The van der Waals surface area contributed by atoms with Gasteiger partial charge in [0.05, 0.1) is 5.69 Å². The number of carbonyl (C=O) groups excluding carboxylic acids is 1. The molecule has 1 aromatic carbocycles. The van der Waals surface area contributed by atoms with Crippen LogP contribution in [0.1, 0.15) is 15.9 Å². The average molecular weight is 243 g/mol. The second kappa shape index (κ2) is 4.50. The number of aryl methyl sites for hydroxylation is 1. The van der Waals surface area contributed by atoms with Crippen molar-refractivity contribution >= 4 is 21.8 Å². The molecule has 6 nitrogen and oxygen atoms in total. The Morgan fingerprint density at radius 1 is 1.38 bits per heavy atom. The van der Waals surface area contributed by atoms with Crippen LogP contribution in [0.5, 0.6) is 0 Å². The Morgan fingerprint density at radius 2 is 2.00 bits per heavy atom. The minimum absolute atomic E-state index is 0.294. The molecule has 0 aromatic heterocycles. The number of hydrogen-bond donors (Lipinski definition) is 3. The first kappa shape index (κ1) is 12.5. The second-order valence-electron chi connectivity index (χ2n) is 3.26. The van der Waals surface area contributed by atoms with Crippen molar-refractivity contribution < 1.29 is 13.2 Å². The number of benzene rings is 1. The van der Waals surface area contributed by atoms with Crippen LogP contribution in [0.2, 0.25) is 0 Å². The van der Waals surface area contributed by atoms with Crippen LogP contribution in [0.15, 0.2) is 18.2 Å². The molecule has 1 amide bonds. The van der Waals surface area contributed by atoms with Crippen LogP contribution in [-0.2, 0) is 10.2 Å². The van der Waals surface area contributed by atoms with E-state index in [1.165, 1.54) is 13.1 Å². The van der Waals surface area contributed by atoms with E-state index < -0.39 is 10.2 Å². The third-order valence-electron chi connectivity index (χ3n) is 1.98. The SMILES string of the molecule is CNC(=O)c1ccc(C)c(NS(N)(=O)=O)c1. The summed E-state index contributed by atoms with van der Waals surface area (Å²) in [6, 6.07) is 4.67. The van der Waals surface area contributed by atoms with E-state index in [-0.39, 0.29) is 5.91 Å². The van der Waals surface area contributed by atoms with Crippen LogP contribution in [0.4, 0.5) is 5.69 Å². The maximum atomic E-state index is 11.3. The molecule has 7 heteroatoms. The fourth-order valence-electron chi connectivity index (χ4n) is 1.17. The molecule has 1 rings (SSSR count). The highest BCUT2D eigenvalue weighted by atomic mass is 32.2. The number of hydrogen-bond acceptors (Lipinski definition) is 3. The van der Waals surface area contributed by atoms with Gasteiger partial charge in [0.15, 0.2) is 0 Å². The third-order valence-corrected chi connectivity index (χ3v) is 2.48. The molecular formula is C9H13N3O3S. The number of nitrogens with one attached hydrogen (secondary N) is 2. The van der Waals surface area contributed by atoms with Crippen LogP contribution >= 0.6 is 0 Å². The van der Waals surface area contributed by atoms with Crippen molar-refractivity contribution in [3.63, 3.8) is 0 Å². The minimum Gasteiger partial charge on any atom is -0.355 e. The van der Waals surface area contributed by atoms with Crippen molar-refractivity contribution in [2.75, 3.05) is 11.8 Å². The van der Waals surface area contributed by atoms with Gasteiger partial charge in [-0.25, -0.2) is 5.14 Å². The fraction of sp³-hybridized carbons (Fsp3) is 0.222. The van der Waals surface area contributed by atoms with Crippen LogP contribution in [0, 0.1) is 6.92 Å². The lowest BCUT2D eigenvalue weighted by atomic mass is 10.1. The van der Waals surface area contributed by atoms with Gasteiger partial charge in [0.2, 0.25) is 0 Å². The molecule has 0 unspecified atom stereocenters. The number of rotatable bonds is 3. The highest BCUT2D eigenvalue weighted by Crippen LogP contribution is 2.17. The molecule has 0 fully saturated rings. The van der Waals surface area contributed by atoms with Crippen molar-refractivity contribution in [3.05, 3.63) is 29.3 Å². The number of amides is 1. The average Bonchev–Trinajstić information content (AvgIpc) is 2.18. The molecule has 88 valence electrons. The van der Waals surface area contributed by atoms with Gasteiger partial charge in [-0.2, -0.15) is 8.42 Å². The quantitative estimate of drug-likeness (QED) is 0.694. The predicted octanol–water partition coefficient (Wildman–Crippen LogP) is -0.0300. The van der Waals surface area contributed by atoms with Gasteiger partial charge in [-0.3, -0.25) is 9.52 Å². The van der Waals surface area contributed by atoms with Gasteiger partial charge in [-0.05, 0) is 24.6 Å². The summed E-state index contributed by atoms with van der Waals surface area (Å²) in [4.78, 5) is 11.3. The Hall–Kier alpha value is -1.60. The van der Waals surface area contributed by atoms with Gasteiger partial charge in [-0.15, -0.1) is 0 Å². The predicted molar refractivity (Wildman–Crippen MR) is 61.3 cm³/mol. The molecule has 1 aromatic rings. The van der Waals surface area contributed by atoms with Crippen molar-refractivity contribution in [2.45, 2.75) is 6.92 Å². The molecule has 16 heavy (non-hydrogen) atoms. The maximum Gasteiger partial charge on any atom is 0.296 e. The molecule has 0 aliphatic carbocycles. The van der Waals surface area contributed by atoms with Gasteiger partial charge in [-0.1, -0.05) is 6.07 Å². The molecule has 0 saturated carbocycles. The smallest absolute Gasteiger partial charge is 0.296 e. The summed E-state index contributed by atoms with van der Waals surface area (Å²) >= 11 is 0. The molecule has 4 N–H and O–H groups in total. The summed E-state index contributed by atoms with van der Waals surface area (Å²) in [6.45, 7) is 1.71. The first-order chi connectivity index (χ1) is 7.33. The van der Waals surface area contributed by atoms with Crippen molar-refractivity contribution in [3.8, 4) is 0 Å². The van der Waals surface area contributed by atoms with E-state index in [0.717, 1.165) is 0 Å². The van der Waals surface area contributed by atoms with E-state index in [9.17, 15) is 13.2 Å². The van der Waals surface area contributed by atoms with E-state index in [0.29, 0.717) is 16.8 Å². The van der Waals surface area contributed by atoms with Crippen molar-refractivity contribution in [2.24, 2.45) is 5.14 Å². The topological polar surface area (TPSA) is 101 Å². The van der Waals surface area contributed by atoms with Gasteiger partial charge >= 0.3 is 0 Å². The standard InChI is InChI=1S/C9H13N3O3S/c1-6-3-4-7(9(13)11-2)5-8(6)12-16(10,14)15/h3-5,12H,1-2H3,(H,11,13)(H2,10,14,15).